The van der Waals surface area contributed by atoms with Crippen molar-refractivity contribution in [3.63, 3.8) is 0 Å². The Morgan fingerprint density at radius 1 is 1.35 bits per heavy atom. The van der Waals surface area contributed by atoms with Crippen LogP contribution in [0, 0.1) is 0 Å². The number of nitrogens with two attached hydrogens (primary N) is 2. The number of benzene rings is 1. The third-order valence-corrected chi connectivity index (χ3v) is 3.40. The minimum Gasteiger partial charge on any atom is -0.377 e. The predicted molar refractivity (Wildman–Crippen MR) is 73.5 cm³/mol. The molecule has 0 aromatic heterocycles. The lowest BCUT2D eigenvalue weighted by molar-refractivity contribution is -0.147. The second-order valence-electron chi connectivity index (χ2n) is 4.80. The molecule has 0 spiro atoms. The minimum absolute atomic E-state index is 0.147. The van der Waals surface area contributed by atoms with Gasteiger partial charge in [0.1, 0.15) is 6.04 Å². The van der Waals surface area contributed by atoms with Crippen LogP contribution in [0.2, 0.25) is 0 Å². The monoisotopic (exact) mass is 277 g/mol. The molecule has 1 heterocycles. The second kappa shape index (κ2) is 6.49. The predicted octanol–water partition coefficient (Wildman–Crippen LogP) is -0.211. The van der Waals surface area contributed by atoms with E-state index in [9.17, 15) is 9.59 Å². The van der Waals surface area contributed by atoms with Gasteiger partial charge in [-0.05, 0) is 5.56 Å². The van der Waals surface area contributed by atoms with Gasteiger partial charge in [-0.3, -0.25) is 9.59 Å². The summed E-state index contributed by atoms with van der Waals surface area (Å²) in [5, 5.41) is 0. The summed E-state index contributed by atoms with van der Waals surface area (Å²) in [6.07, 6.45) is 0.147. The van der Waals surface area contributed by atoms with Gasteiger partial charge in [0.25, 0.3) is 0 Å². The lowest BCUT2D eigenvalue weighted by Crippen LogP contribution is -2.55. The fraction of sp³-hybridized carbons (Fsp3) is 0.429. The number of ether oxygens (including phenoxy) is 1. The van der Waals surface area contributed by atoms with Crippen molar-refractivity contribution in [2.45, 2.75) is 18.5 Å². The highest BCUT2D eigenvalue weighted by Gasteiger charge is 2.31. The van der Waals surface area contributed by atoms with Crippen molar-refractivity contribution in [3.05, 3.63) is 35.9 Å². The van der Waals surface area contributed by atoms with Crippen molar-refractivity contribution in [2.75, 3.05) is 19.8 Å². The van der Waals surface area contributed by atoms with Crippen LogP contribution in [-0.2, 0) is 14.3 Å². The number of morpholine rings is 1. The second-order valence-corrected chi connectivity index (χ2v) is 4.80. The standard InChI is InChI=1S/C14H19N3O3/c15-11(10-4-2-1-3-5-10)8-13(18)17-6-7-20-9-12(17)14(16)19/h1-5,11-12H,6-9,15H2,(H2,16,19). The molecule has 2 rings (SSSR count). The Balaban J connectivity index is 2.01. The van der Waals surface area contributed by atoms with Crippen molar-refractivity contribution in [1.82, 2.24) is 4.90 Å². The Morgan fingerprint density at radius 3 is 2.70 bits per heavy atom. The maximum absolute atomic E-state index is 12.3. The van der Waals surface area contributed by atoms with Gasteiger partial charge in [0.05, 0.1) is 13.2 Å². The highest BCUT2D eigenvalue weighted by molar-refractivity contribution is 5.87. The van der Waals surface area contributed by atoms with Crippen molar-refractivity contribution in [3.8, 4) is 0 Å². The topological polar surface area (TPSA) is 98.7 Å². The zero-order chi connectivity index (χ0) is 14.5. The van der Waals surface area contributed by atoms with Crippen LogP contribution in [0.1, 0.15) is 18.0 Å². The number of carbonyl (C=O) groups excluding carboxylic acids is 2. The first-order valence-electron chi connectivity index (χ1n) is 6.56. The van der Waals surface area contributed by atoms with E-state index in [0.29, 0.717) is 13.2 Å². The molecule has 108 valence electrons. The van der Waals surface area contributed by atoms with Crippen molar-refractivity contribution in [1.29, 1.82) is 0 Å². The summed E-state index contributed by atoms with van der Waals surface area (Å²) < 4.78 is 5.19. The minimum atomic E-state index is -0.695. The molecular weight excluding hydrogens is 258 g/mol. The summed E-state index contributed by atoms with van der Waals surface area (Å²) >= 11 is 0. The molecule has 0 bridgehead atoms. The van der Waals surface area contributed by atoms with E-state index in [1.165, 1.54) is 4.90 Å². The van der Waals surface area contributed by atoms with Crippen LogP contribution in [0.15, 0.2) is 30.3 Å². The van der Waals surface area contributed by atoms with E-state index < -0.39 is 11.9 Å². The molecule has 1 fully saturated rings. The highest BCUT2D eigenvalue weighted by Crippen LogP contribution is 2.17. The van der Waals surface area contributed by atoms with Gasteiger partial charge in [-0.15, -0.1) is 0 Å². The first-order chi connectivity index (χ1) is 9.59. The van der Waals surface area contributed by atoms with Crippen LogP contribution >= 0.6 is 0 Å². The lowest BCUT2D eigenvalue weighted by atomic mass is 10.0. The normalized spacial score (nSPS) is 20.4. The van der Waals surface area contributed by atoms with Crippen LogP contribution in [0.4, 0.5) is 0 Å². The van der Waals surface area contributed by atoms with E-state index in [4.69, 9.17) is 16.2 Å². The molecule has 4 N–H and O–H groups in total. The molecule has 2 amide bonds. The van der Waals surface area contributed by atoms with Gasteiger partial charge in [0.2, 0.25) is 11.8 Å². The summed E-state index contributed by atoms with van der Waals surface area (Å²) in [6.45, 7) is 0.936. The van der Waals surface area contributed by atoms with E-state index in [0.717, 1.165) is 5.56 Å². The molecule has 1 aliphatic rings. The SMILES string of the molecule is NC(=O)C1COCCN1C(=O)CC(N)c1ccccc1. The number of primary amides is 1. The van der Waals surface area contributed by atoms with Crippen molar-refractivity contribution in [2.24, 2.45) is 11.5 Å². The number of nitrogens with zero attached hydrogens (tertiary/aromatic N) is 1. The molecule has 0 radical (unpaired) electrons. The first-order valence-corrected chi connectivity index (χ1v) is 6.56. The Labute approximate surface area is 117 Å². The van der Waals surface area contributed by atoms with Gasteiger partial charge in [-0.25, -0.2) is 0 Å². The van der Waals surface area contributed by atoms with Gasteiger partial charge < -0.3 is 21.1 Å². The van der Waals surface area contributed by atoms with Crippen LogP contribution < -0.4 is 11.5 Å². The summed E-state index contributed by atoms with van der Waals surface area (Å²) in [5.41, 5.74) is 12.2. The molecule has 0 aliphatic carbocycles. The van der Waals surface area contributed by atoms with E-state index in [-0.39, 0.29) is 25.0 Å². The van der Waals surface area contributed by atoms with Crippen molar-refractivity contribution < 1.29 is 14.3 Å². The fourth-order valence-electron chi connectivity index (χ4n) is 2.26. The van der Waals surface area contributed by atoms with Crippen LogP contribution in [0.25, 0.3) is 0 Å². The molecule has 1 aromatic rings. The van der Waals surface area contributed by atoms with Gasteiger partial charge >= 0.3 is 0 Å². The number of rotatable bonds is 4. The van der Waals surface area contributed by atoms with Gasteiger partial charge in [-0.1, -0.05) is 30.3 Å². The maximum Gasteiger partial charge on any atom is 0.242 e. The molecule has 6 heteroatoms. The van der Waals surface area contributed by atoms with Crippen molar-refractivity contribution >= 4 is 11.8 Å². The van der Waals surface area contributed by atoms with E-state index in [2.05, 4.69) is 0 Å². The summed E-state index contributed by atoms with van der Waals surface area (Å²) in [7, 11) is 0. The number of hydrogen-bond donors (Lipinski definition) is 2. The lowest BCUT2D eigenvalue weighted by Gasteiger charge is -2.34. The smallest absolute Gasteiger partial charge is 0.242 e. The first kappa shape index (κ1) is 14.5. The Morgan fingerprint density at radius 2 is 2.05 bits per heavy atom. The average Bonchev–Trinajstić information content (AvgIpc) is 2.48. The Kier molecular flexibility index (Phi) is 4.70. The molecule has 2 unspecified atom stereocenters. The molecule has 1 aliphatic heterocycles. The molecule has 0 saturated carbocycles. The Bertz CT molecular complexity index is 478. The van der Waals surface area contributed by atoms with E-state index in [1.807, 2.05) is 30.3 Å². The number of hydrogen-bond acceptors (Lipinski definition) is 4. The summed E-state index contributed by atoms with van der Waals surface area (Å²) in [4.78, 5) is 25.1. The fourth-order valence-corrected chi connectivity index (χ4v) is 2.26. The quantitative estimate of drug-likeness (QED) is 0.795. The molecule has 2 atom stereocenters. The molecule has 1 aromatic carbocycles. The van der Waals surface area contributed by atoms with Gasteiger partial charge in [0.15, 0.2) is 0 Å². The van der Waals surface area contributed by atoms with Crippen LogP contribution in [0.3, 0.4) is 0 Å². The van der Waals surface area contributed by atoms with Crippen LogP contribution in [0.5, 0.6) is 0 Å². The van der Waals surface area contributed by atoms with E-state index in [1.54, 1.807) is 0 Å². The number of carbonyl (C=O) groups is 2. The molecule has 20 heavy (non-hydrogen) atoms. The summed E-state index contributed by atoms with van der Waals surface area (Å²) in [5.74, 6) is -0.722. The average molecular weight is 277 g/mol. The highest BCUT2D eigenvalue weighted by atomic mass is 16.5. The zero-order valence-electron chi connectivity index (χ0n) is 11.2. The van der Waals surface area contributed by atoms with Crippen LogP contribution in [-0.4, -0.2) is 42.5 Å². The molecule has 6 nitrogen and oxygen atoms in total. The molecular formula is C14H19N3O3. The Hall–Kier alpha value is -1.92. The third-order valence-electron chi connectivity index (χ3n) is 3.40. The zero-order valence-corrected chi connectivity index (χ0v) is 11.2. The third kappa shape index (κ3) is 3.34. The molecule has 1 saturated heterocycles. The number of amides is 2. The summed E-state index contributed by atoms with van der Waals surface area (Å²) in [6, 6.07) is 8.31. The van der Waals surface area contributed by atoms with Gasteiger partial charge in [0, 0.05) is 19.0 Å². The largest absolute Gasteiger partial charge is 0.377 e. The maximum atomic E-state index is 12.3. The van der Waals surface area contributed by atoms with E-state index >= 15 is 0 Å². The van der Waals surface area contributed by atoms with Gasteiger partial charge in [-0.2, -0.15) is 0 Å².